The van der Waals surface area contributed by atoms with E-state index in [1.807, 2.05) is 13.8 Å². The number of aliphatic hydroxyl groups is 1. The number of aliphatic hydroxyl groups excluding tert-OH is 1. The van der Waals surface area contributed by atoms with Crippen LogP contribution in [0, 0.1) is 19.7 Å². The number of carbonyl (C=O) groups is 2. The third-order valence-corrected chi connectivity index (χ3v) is 7.43. The van der Waals surface area contributed by atoms with Crippen LogP contribution in [0.15, 0.2) is 69.9 Å². The summed E-state index contributed by atoms with van der Waals surface area (Å²) in [6, 6.07) is 16.2. The number of hydrogen-bond donors (Lipinski definition) is 1. The van der Waals surface area contributed by atoms with Gasteiger partial charge < -0.3 is 19.3 Å². The zero-order valence-corrected chi connectivity index (χ0v) is 20.2. The second-order valence-electron chi connectivity index (χ2n) is 9.49. The molecular weight excluding hydrogens is 475 g/mol. The van der Waals surface area contributed by atoms with Crippen LogP contribution in [0.3, 0.4) is 0 Å². The van der Waals surface area contributed by atoms with Gasteiger partial charge in [0.1, 0.15) is 11.4 Å². The van der Waals surface area contributed by atoms with Crippen LogP contribution >= 0.6 is 0 Å². The highest BCUT2D eigenvalue weighted by atomic mass is 19.1. The monoisotopic (exact) mass is 498 g/mol. The Morgan fingerprint density at radius 3 is 2.41 bits per heavy atom. The number of rotatable bonds is 4. The number of hydrogen-bond acceptors (Lipinski definition) is 5. The molecule has 0 saturated carbocycles. The molecule has 186 valence electrons. The highest BCUT2D eigenvalue weighted by molar-refractivity contribution is 6.17. The van der Waals surface area contributed by atoms with Crippen LogP contribution in [0.2, 0.25) is 0 Å². The lowest BCUT2D eigenvalue weighted by atomic mass is 9.84. The Hall–Kier alpha value is -4.30. The van der Waals surface area contributed by atoms with Gasteiger partial charge in [-0.3, -0.25) is 14.4 Å². The van der Waals surface area contributed by atoms with Crippen LogP contribution in [-0.4, -0.2) is 35.0 Å². The Morgan fingerprint density at radius 2 is 1.68 bits per heavy atom. The Balaban J connectivity index is 1.65. The van der Waals surface area contributed by atoms with E-state index in [9.17, 15) is 23.9 Å². The van der Waals surface area contributed by atoms with E-state index < -0.39 is 35.2 Å². The molecule has 2 amide bonds. The van der Waals surface area contributed by atoms with Crippen molar-refractivity contribution in [1.82, 2.24) is 4.90 Å². The number of halogens is 1. The van der Waals surface area contributed by atoms with Crippen LogP contribution < -0.4 is 10.3 Å². The summed E-state index contributed by atoms with van der Waals surface area (Å²) >= 11 is 0. The molecule has 0 bridgehead atoms. The summed E-state index contributed by atoms with van der Waals surface area (Å²) in [5.74, 6) is -1.73. The number of nitrogens with zero attached hydrogens (tertiary/aromatic N) is 2. The maximum Gasteiger partial charge on any atom is 0.291 e. The summed E-state index contributed by atoms with van der Waals surface area (Å²) in [5, 5.41) is 10.2. The molecule has 2 aliphatic heterocycles. The molecule has 2 aliphatic rings. The lowest BCUT2D eigenvalue weighted by Gasteiger charge is -2.33. The summed E-state index contributed by atoms with van der Waals surface area (Å²) in [4.78, 5) is 45.0. The first-order valence-corrected chi connectivity index (χ1v) is 12.0. The maximum absolute atomic E-state index is 14.5. The number of benzene rings is 3. The predicted molar refractivity (Wildman–Crippen MR) is 135 cm³/mol. The van der Waals surface area contributed by atoms with E-state index in [-0.39, 0.29) is 35.4 Å². The van der Waals surface area contributed by atoms with E-state index in [0.717, 1.165) is 11.1 Å². The average Bonchev–Trinajstić information content (AvgIpc) is 3.27. The van der Waals surface area contributed by atoms with Gasteiger partial charge in [-0.2, -0.15) is 0 Å². The standard InChI is InChI=1S/C29H23FN2O5/c1-16-13-20-23(14-17(16)2)37-26-24(25(20)34)29(32(11-12-33)27(26)35)21-5-3-4-6-22(21)31(28(29)36)15-18-7-9-19(30)10-8-18/h3-10,13-14,33H,11-12,15H2,1-2H3. The molecule has 4 aromatic rings. The number of β-amino-alcohol motifs (C(OH)–C–C–N with tert-alkyl or cyclic N) is 1. The fourth-order valence-electron chi connectivity index (χ4n) is 5.58. The normalized spacial score (nSPS) is 18.3. The van der Waals surface area contributed by atoms with Gasteiger partial charge >= 0.3 is 0 Å². The molecule has 1 aromatic heterocycles. The SMILES string of the molecule is Cc1cc2oc3c(c(=O)c2cc1C)C1(C(=O)N(Cc2ccc(F)cc2)c2ccccc21)N(CCO)C3=O. The smallest absolute Gasteiger partial charge is 0.291 e. The molecule has 0 radical (unpaired) electrons. The number of fused-ring (bicyclic) bond motifs is 5. The summed E-state index contributed by atoms with van der Waals surface area (Å²) in [7, 11) is 0. The Labute approximate surface area is 211 Å². The van der Waals surface area contributed by atoms with Gasteiger partial charge in [0.05, 0.1) is 29.8 Å². The molecule has 0 saturated heterocycles. The molecule has 0 aliphatic carbocycles. The van der Waals surface area contributed by atoms with E-state index in [4.69, 9.17) is 4.42 Å². The van der Waals surface area contributed by atoms with E-state index in [0.29, 0.717) is 16.8 Å². The molecule has 1 atom stereocenters. The number of aryl methyl sites for hydroxylation is 2. The number of carbonyl (C=O) groups excluding carboxylic acids is 2. The first-order valence-electron chi connectivity index (χ1n) is 12.0. The van der Waals surface area contributed by atoms with Gasteiger partial charge in [-0.05, 0) is 60.9 Å². The summed E-state index contributed by atoms with van der Waals surface area (Å²) < 4.78 is 19.6. The van der Waals surface area contributed by atoms with Crippen molar-refractivity contribution in [3.05, 3.63) is 110 Å². The van der Waals surface area contributed by atoms with Crippen molar-refractivity contribution >= 4 is 28.5 Å². The fraction of sp³-hybridized carbons (Fsp3) is 0.207. The van der Waals surface area contributed by atoms with Crippen LogP contribution in [0.4, 0.5) is 10.1 Å². The Kier molecular flexibility index (Phi) is 5.07. The molecule has 3 aromatic carbocycles. The number of amides is 2. The fourth-order valence-corrected chi connectivity index (χ4v) is 5.58. The van der Waals surface area contributed by atoms with E-state index >= 15 is 0 Å². The van der Waals surface area contributed by atoms with Crippen LogP contribution in [0.25, 0.3) is 11.0 Å². The Morgan fingerprint density at radius 1 is 0.973 bits per heavy atom. The molecule has 0 fully saturated rings. The maximum atomic E-state index is 14.5. The predicted octanol–water partition coefficient (Wildman–Crippen LogP) is 3.79. The van der Waals surface area contributed by atoms with Crippen LogP contribution in [0.5, 0.6) is 0 Å². The molecule has 8 heteroatoms. The second kappa shape index (κ2) is 8.11. The molecule has 7 nitrogen and oxygen atoms in total. The lowest BCUT2D eigenvalue weighted by Crippen LogP contribution is -2.54. The minimum absolute atomic E-state index is 0.0410. The molecule has 1 unspecified atom stereocenters. The highest BCUT2D eigenvalue weighted by Gasteiger charge is 2.64. The molecule has 37 heavy (non-hydrogen) atoms. The lowest BCUT2D eigenvalue weighted by molar-refractivity contribution is -0.126. The topological polar surface area (TPSA) is 91.1 Å². The zero-order valence-electron chi connectivity index (χ0n) is 20.2. The van der Waals surface area contributed by atoms with Gasteiger partial charge in [0.25, 0.3) is 11.8 Å². The van der Waals surface area contributed by atoms with Gasteiger partial charge in [0, 0.05) is 12.1 Å². The largest absolute Gasteiger partial charge is 0.450 e. The molecule has 6 rings (SSSR count). The van der Waals surface area contributed by atoms with Crippen molar-refractivity contribution in [3.63, 3.8) is 0 Å². The van der Waals surface area contributed by atoms with Crippen LogP contribution in [0.1, 0.15) is 38.4 Å². The first kappa shape index (κ1) is 23.1. The quantitative estimate of drug-likeness (QED) is 0.462. The van der Waals surface area contributed by atoms with E-state index in [2.05, 4.69) is 0 Å². The van der Waals surface area contributed by atoms with Crippen molar-refractivity contribution in [1.29, 1.82) is 0 Å². The summed E-state index contributed by atoms with van der Waals surface area (Å²) in [6.45, 7) is 3.27. The van der Waals surface area contributed by atoms with Gasteiger partial charge in [-0.25, -0.2) is 4.39 Å². The number of para-hydroxylation sites is 1. The van der Waals surface area contributed by atoms with E-state index in [1.165, 1.54) is 21.9 Å². The van der Waals surface area contributed by atoms with Crippen molar-refractivity contribution in [3.8, 4) is 0 Å². The Bertz CT molecular complexity index is 1680. The number of anilines is 1. The summed E-state index contributed by atoms with van der Waals surface area (Å²) in [6.07, 6.45) is 0. The molecule has 1 N–H and O–H groups in total. The zero-order chi connectivity index (χ0) is 26.1. The van der Waals surface area contributed by atoms with Crippen molar-refractivity contribution < 1.29 is 23.5 Å². The van der Waals surface area contributed by atoms with Crippen molar-refractivity contribution in [2.45, 2.75) is 25.9 Å². The van der Waals surface area contributed by atoms with Gasteiger partial charge in [0.2, 0.25) is 5.76 Å². The van der Waals surface area contributed by atoms with Gasteiger partial charge in [-0.15, -0.1) is 0 Å². The minimum Gasteiger partial charge on any atom is -0.450 e. The molecular formula is C29H23FN2O5. The first-order chi connectivity index (χ1) is 17.8. The highest BCUT2D eigenvalue weighted by Crippen LogP contribution is 2.52. The summed E-state index contributed by atoms with van der Waals surface area (Å²) in [5.41, 5.74) is 1.41. The minimum atomic E-state index is -1.79. The molecule has 3 heterocycles. The van der Waals surface area contributed by atoms with Crippen LogP contribution in [-0.2, 0) is 16.9 Å². The third-order valence-electron chi connectivity index (χ3n) is 7.43. The second-order valence-corrected chi connectivity index (χ2v) is 9.49. The van der Waals surface area contributed by atoms with Crippen molar-refractivity contribution in [2.75, 3.05) is 18.1 Å². The van der Waals surface area contributed by atoms with Gasteiger partial charge in [-0.1, -0.05) is 30.3 Å². The third kappa shape index (κ3) is 3.05. The molecule has 1 spiro atoms. The van der Waals surface area contributed by atoms with Crippen molar-refractivity contribution in [2.24, 2.45) is 0 Å². The van der Waals surface area contributed by atoms with E-state index in [1.54, 1.807) is 48.5 Å². The average molecular weight is 499 g/mol. The van der Waals surface area contributed by atoms with Gasteiger partial charge in [0.15, 0.2) is 11.0 Å².